The lowest BCUT2D eigenvalue weighted by Crippen LogP contribution is -2.41. The zero-order chi connectivity index (χ0) is 13.8. The molecule has 0 aliphatic heterocycles. The van der Waals surface area contributed by atoms with Gasteiger partial charge in [0.1, 0.15) is 5.82 Å². The Bertz CT molecular complexity index is 435. The second-order valence-corrected chi connectivity index (χ2v) is 5.21. The average molecular weight is 273 g/mol. The number of rotatable bonds is 5. The van der Waals surface area contributed by atoms with Crippen LogP contribution in [0.3, 0.4) is 0 Å². The van der Waals surface area contributed by atoms with Crippen molar-refractivity contribution in [3.8, 4) is 0 Å². The monoisotopic (exact) mass is 272 g/mol. The summed E-state index contributed by atoms with van der Waals surface area (Å²) < 4.78 is 13.0. The SMILES string of the molecule is CNC(=O)C(C)(C)CNCc1cc(F)ccc1Cl. The molecule has 0 unspecified atom stereocenters. The summed E-state index contributed by atoms with van der Waals surface area (Å²) in [6, 6.07) is 4.24. The number of carbonyl (C=O) groups is 1. The van der Waals surface area contributed by atoms with Crippen LogP contribution in [0.15, 0.2) is 18.2 Å². The summed E-state index contributed by atoms with van der Waals surface area (Å²) in [5.74, 6) is -0.359. The maximum atomic E-state index is 13.0. The molecule has 3 nitrogen and oxygen atoms in total. The second-order valence-electron chi connectivity index (χ2n) is 4.80. The fourth-order valence-electron chi connectivity index (χ4n) is 1.61. The van der Waals surface area contributed by atoms with Gasteiger partial charge in [0.15, 0.2) is 0 Å². The van der Waals surface area contributed by atoms with Gasteiger partial charge in [-0.1, -0.05) is 11.6 Å². The number of halogens is 2. The van der Waals surface area contributed by atoms with Crippen molar-refractivity contribution >= 4 is 17.5 Å². The average Bonchev–Trinajstić information content (AvgIpc) is 2.32. The minimum absolute atomic E-state index is 0.0414. The molecule has 100 valence electrons. The Labute approximate surface area is 112 Å². The summed E-state index contributed by atoms with van der Waals surface area (Å²) in [7, 11) is 1.60. The number of carbonyl (C=O) groups excluding carboxylic acids is 1. The van der Waals surface area contributed by atoms with Gasteiger partial charge in [-0.15, -0.1) is 0 Å². The number of amides is 1. The van der Waals surface area contributed by atoms with Gasteiger partial charge in [-0.2, -0.15) is 0 Å². The molecular formula is C13H18ClFN2O. The molecule has 0 fully saturated rings. The van der Waals surface area contributed by atoms with E-state index in [-0.39, 0.29) is 11.7 Å². The number of hydrogen-bond donors (Lipinski definition) is 2. The third-order valence-corrected chi connectivity index (χ3v) is 3.10. The maximum absolute atomic E-state index is 13.0. The summed E-state index contributed by atoms with van der Waals surface area (Å²) in [5, 5.41) is 6.24. The molecule has 0 radical (unpaired) electrons. The summed E-state index contributed by atoms with van der Waals surface area (Å²) in [5.41, 5.74) is 0.165. The van der Waals surface area contributed by atoms with Crippen molar-refractivity contribution in [3.05, 3.63) is 34.6 Å². The van der Waals surface area contributed by atoms with E-state index < -0.39 is 5.41 Å². The highest BCUT2D eigenvalue weighted by atomic mass is 35.5. The lowest BCUT2D eigenvalue weighted by molar-refractivity contribution is -0.128. The van der Waals surface area contributed by atoms with E-state index in [2.05, 4.69) is 10.6 Å². The van der Waals surface area contributed by atoms with Gasteiger partial charge in [-0.05, 0) is 37.6 Å². The fraction of sp³-hybridized carbons (Fsp3) is 0.462. The maximum Gasteiger partial charge on any atom is 0.226 e. The third kappa shape index (κ3) is 3.96. The Morgan fingerprint density at radius 3 is 2.72 bits per heavy atom. The van der Waals surface area contributed by atoms with Crippen LogP contribution in [0, 0.1) is 11.2 Å². The molecule has 1 rings (SSSR count). The van der Waals surface area contributed by atoms with E-state index in [1.807, 2.05) is 13.8 Å². The highest BCUT2D eigenvalue weighted by molar-refractivity contribution is 6.31. The molecule has 5 heteroatoms. The van der Waals surface area contributed by atoms with Crippen LogP contribution in [-0.2, 0) is 11.3 Å². The van der Waals surface area contributed by atoms with Crippen LogP contribution in [0.25, 0.3) is 0 Å². The number of nitrogens with one attached hydrogen (secondary N) is 2. The zero-order valence-electron chi connectivity index (χ0n) is 10.8. The Hall–Kier alpha value is -1.13. The van der Waals surface area contributed by atoms with Crippen molar-refractivity contribution in [2.24, 2.45) is 5.41 Å². The summed E-state index contributed by atoms with van der Waals surface area (Å²) in [6.45, 7) is 4.59. The summed E-state index contributed by atoms with van der Waals surface area (Å²) in [4.78, 5) is 11.6. The number of benzene rings is 1. The summed E-state index contributed by atoms with van der Waals surface area (Å²) in [6.07, 6.45) is 0. The molecule has 0 saturated carbocycles. The lowest BCUT2D eigenvalue weighted by Gasteiger charge is -2.23. The van der Waals surface area contributed by atoms with Crippen LogP contribution < -0.4 is 10.6 Å². The quantitative estimate of drug-likeness (QED) is 0.864. The molecule has 0 aromatic heterocycles. The van der Waals surface area contributed by atoms with Crippen LogP contribution in [-0.4, -0.2) is 19.5 Å². The third-order valence-electron chi connectivity index (χ3n) is 2.73. The highest BCUT2D eigenvalue weighted by Crippen LogP contribution is 2.18. The Morgan fingerprint density at radius 2 is 2.11 bits per heavy atom. The predicted molar refractivity (Wildman–Crippen MR) is 71.0 cm³/mol. The fourth-order valence-corrected chi connectivity index (χ4v) is 1.79. The molecule has 18 heavy (non-hydrogen) atoms. The van der Waals surface area contributed by atoms with Gasteiger partial charge in [-0.25, -0.2) is 4.39 Å². The van der Waals surface area contributed by atoms with Crippen molar-refractivity contribution < 1.29 is 9.18 Å². The predicted octanol–water partition coefficient (Wildman–Crippen LogP) is 2.34. The largest absolute Gasteiger partial charge is 0.359 e. The van der Waals surface area contributed by atoms with Crippen molar-refractivity contribution in [1.29, 1.82) is 0 Å². The van der Waals surface area contributed by atoms with Gasteiger partial charge < -0.3 is 10.6 Å². The van der Waals surface area contributed by atoms with Crippen LogP contribution in [0.5, 0.6) is 0 Å². The number of hydrogen-bond acceptors (Lipinski definition) is 2. The van der Waals surface area contributed by atoms with Crippen LogP contribution in [0.1, 0.15) is 19.4 Å². The minimum Gasteiger partial charge on any atom is -0.359 e. The van der Waals surface area contributed by atoms with Gasteiger partial charge in [0.05, 0.1) is 5.41 Å². The van der Waals surface area contributed by atoms with E-state index in [4.69, 9.17) is 11.6 Å². The molecule has 1 aromatic carbocycles. The van der Waals surface area contributed by atoms with Crippen molar-refractivity contribution in [1.82, 2.24) is 10.6 Å². The standard InChI is InChI=1S/C13H18ClFN2O/c1-13(2,12(18)16-3)8-17-7-9-6-10(15)4-5-11(9)14/h4-6,17H,7-8H2,1-3H3,(H,16,18). The first kappa shape index (κ1) is 14.9. The van der Waals surface area contributed by atoms with Crippen LogP contribution >= 0.6 is 11.6 Å². The molecule has 0 aliphatic carbocycles. The molecule has 0 atom stereocenters. The van der Waals surface area contributed by atoms with E-state index in [1.54, 1.807) is 7.05 Å². The van der Waals surface area contributed by atoms with E-state index in [0.717, 1.165) is 0 Å². The van der Waals surface area contributed by atoms with E-state index >= 15 is 0 Å². The van der Waals surface area contributed by atoms with E-state index in [0.29, 0.717) is 23.7 Å². The van der Waals surface area contributed by atoms with Gasteiger partial charge >= 0.3 is 0 Å². The first-order valence-electron chi connectivity index (χ1n) is 5.73. The molecule has 1 amide bonds. The van der Waals surface area contributed by atoms with Gasteiger partial charge in [0.2, 0.25) is 5.91 Å². The van der Waals surface area contributed by atoms with Crippen molar-refractivity contribution in [2.75, 3.05) is 13.6 Å². The topological polar surface area (TPSA) is 41.1 Å². The first-order chi connectivity index (χ1) is 8.36. The second kappa shape index (κ2) is 6.16. The van der Waals surface area contributed by atoms with Gasteiger partial charge in [0.25, 0.3) is 0 Å². The summed E-state index contributed by atoms with van der Waals surface area (Å²) >= 11 is 5.95. The highest BCUT2D eigenvalue weighted by Gasteiger charge is 2.25. The van der Waals surface area contributed by atoms with Crippen molar-refractivity contribution in [3.63, 3.8) is 0 Å². The van der Waals surface area contributed by atoms with Crippen LogP contribution in [0.4, 0.5) is 4.39 Å². The molecule has 0 aliphatic rings. The molecule has 0 bridgehead atoms. The van der Waals surface area contributed by atoms with Crippen molar-refractivity contribution in [2.45, 2.75) is 20.4 Å². The first-order valence-corrected chi connectivity index (χ1v) is 6.11. The van der Waals surface area contributed by atoms with Crippen LogP contribution in [0.2, 0.25) is 5.02 Å². The van der Waals surface area contributed by atoms with Gasteiger partial charge in [-0.3, -0.25) is 4.79 Å². The minimum atomic E-state index is -0.519. The Balaban J connectivity index is 2.56. The zero-order valence-corrected chi connectivity index (χ0v) is 11.6. The normalized spacial score (nSPS) is 11.4. The molecule has 2 N–H and O–H groups in total. The molecule has 0 spiro atoms. The lowest BCUT2D eigenvalue weighted by atomic mass is 9.92. The Morgan fingerprint density at radius 1 is 1.44 bits per heavy atom. The Kier molecular flexibility index (Phi) is 5.11. The van der Waals surface area contributed by atoms with Gasteiger partial charge in [0, 0.05) is 25.2 Å². The molecule has 0 heterocycles. The molecule has 1 aromatic rings. The van der Waals surface area contributed by atoms with E-state index in [1.165, 1.54) is 18.2 Å². The molecule has 0 saturated heterocycles. The smallest absolute Gasteiger partial charge is 0.226 e. The molecular weight excluding hydrogens is 255 g/mol. The van der Waals surface area contributed by atoms with E-state index in [9.17, 15) is 9.18 Å².